The molecule has 2 aromatic carbocycles. The normalized spacial score (nSPS) is 10.8. The second kappa shape index (κ2) is 7.92. The van der Waals surface area contributed by atoms with Gasteiger partial charge >= 0.3 is 0 Å². The number of ether oxygens (including phenoxy) is 1. The van der Waals surface area contributed by atoms with E-state index in [-0.39, 0.29) is 12.5 Å². The van der Waals surface area contributed by atoms with Crippen LogP contribution in [-0.2, 0) is 18.4 Å². The molecule has 0 aliphatic carbocycles. The number of amides is 1. The number of nitrogens with one attached hydrogen (secondary N) is 1. The molecule has 0 bridgehead atoms. The number of aromatic nitrogens is 3. The Balaban J connectivity index is 1.37. The molecule has 0 radical (unpaired) electrons. The van der Waals surface area contributed by atoms with E-state index >= 15 is 0 Å². The number of hydrogen-bond donors (Lipinski definition) is 1. The topological polar surface area (TPSA) is 69.0 Å². The predicted octanol–water partition coefficient (Wildman–Crippen LogP) is 3.33. The van der Waals surface area contributed by atoms with Gasteiger partial charge in [0.1, 0.15) is 5.75 Å². The molecule has 0 fully saturated rings. The molecule has 140 valence electrons. The number of aryl methyl sites for hydroxylation is 1. The van der Waals surface area contributed by atoms with Crippen molar-refractivity contribution in [3.8, 4) is 17.0 Å². The largest absolute Gasteiger partial charge is 0.484 e. The third-order valence-electron chi connectivity index (χ3n) is 4.44. The zero-order valence-corrected chi connectivity index (χ0v) is 15.5. The third-order valence-corrected chi connectivity index (χ3v) is 4.44. The molecule has 0 saturated heterocycles. The second-order valence-electron chi connectivity index (χ2n) is 6.49. The van der Waals surface area contributed by atoms with E-state index in [1.54, 1.807) is 17.1 Å². The molecule has 0 unspecified atom stereocenters. The van der Waals surface area contributed by atoms with Crippen LogP contribution in [0.5, 0.6) is 5.75 Å². The Bertz CT molecular complexity index is 1120. The summed E-state index contributed by atoms with van der Waals surface area (Å²) in [6, 6.07) is 17.6. The van der Waals surface area contributed by atoms with E-state index in [9.17, 15) is 4.79 Å². The number of carbonyl (C=O) groups is 1. The lowest BCUT2D eigenvalue weighted by molar-refractivity contribution is -0.123. The highest BCUT2D eigenvalue weighted by Gasteiger charge is 2.10. The van der Waals surface area contributed by atoms with Gasteiger partial charge in [0.25, 0.3) is 5.91 Å². The van der Waals surface area contributed by atoms with E-state index in [2.05, 4.69) is 15.4 Å². The zero-order valence-electron chi connectivity index (χ0n) is 15.5. The first-order valence-electron chi connectivity index (χ1n) is 9.00. The average molecular weight is 372 g/mol. The molecule has 2 heterocycles. The van der Waals surface area contributed by atoms with Crippen molar-refractivity contribution < 1.29 is 9.53 Å². The minimum Gasteiger partial charge on any atom is -0.484 e. The van der Waals surface area contributed by atoms with Crippen molar-refractivity contribution in [2.45, 2.75) is 6.54 Å². The molecule has 28 heavy (non-hydrogen) atoms. The van der Waals surface area contributed by atoms with Crippen molar-refractivity contribution in [3.63, 3.8) is 0 Å². The summed E-state index contributed by atoms with van der Waals surface area (Å²) in [5.74, 6) is 0.487. The number of nitrogens with zero attached hydrogens (tertiary/aromatic N) is 3. The first kappa shape index (κ1) is 17.7. The van der Waals surface area contributed by atoms with Gasteiger partial charge in [-0.25, -0.2) is 0 Å². The van der Waals surface area contributed by atoms with Gasteiger partial charge in [-0.15, -0.1) is 0 Å². The van der Waals surface area contributed by atoms with E-state index in [1.807, 2.05) is 67.8 Å². The van der Waals surface area contributed by atoms with Crippen molar-refractivity contribution in [2.24, 2.45) is 7.05 Å². The number of hydrogen-bond acceptors (Lipinski definition) is 4. The first-order valence-corrected chi connectivity index (χ1v) is 9.00. The van der Waals surface area contributed by atoms with Crippen LogP contribution in [0, 0.1) is 0 Å². The van der Waals surface area contributed by atoms with Crippen molar-refractivity contribution in [1.29, 1.82) is 0 Å². The maximum Gasteiger partial charge on any atom is 0.258 e. The number of carbonyl (C=O) groups excluding carboxylic acids is 1. The molecular formula is C22H20N4O2. The van der Waals surface area contributed by atoms with Crippen LogP contribution in [0.2, 0.25) is 0 Å². The van der Waals surface area contributed by atoms with Crippen LogP contribution in [0.1, 0.15) is 5.56 Å². The summed E-state index contributed by atoms with van der Waals surface area (Å²) < 4.78 is 7.37. The summed E-state index contributed by atoms with van der Waals surface area (Å²) in [4.78, 5) is 16.7. The minimum atomic E-state index is -0.186. The number of fused-ring (bicyclic) bond motifs is 1. The van der Waals surface area contributed by atoms with Gasteiger partial charge in [0, 0.05) is 31.5 Å². The highest BCUT2D eigenvalue weighted by molar-refractivity contribution is 5.84. The van der Waals surface area contributed by atoms with Crippen LogP contribution in [0.4, 0.5) is 0 Å². The van der Waals surface area contributed by atoms with E-state index in [0.29, 0.717) is 12.3 Å². The van der Waals surface area contributed by atoms with Gasteiger partial charge in [-0.2, -0.15) is 5.10 Å². The monoisotopic (exact) mass is 372 g/mol. The Hall–Kier alpha value is -3.67. The van der Waals surface area contributed by atoms with Gasteiger partial charge < -0.3 is 10.1 Å². The summed E-state index contributed by atoms with van der Waals surface area (Å²) >= 11 is 0. The Kier molecular flexibility index (Phi) is 5.01. The number of benzene rings is 2. The van der Waals surface area contributed by atoms with Gasteiger partial charge in [-0.1, -0.05) is 36.4 Å². The van der Waals surface area contributed by atoms with Crippen molar-refractivity contribution in [2.75, 3.05) is 6.61 Å². The van der Waals surface area contributed by atoms with E-state index in [4.69, 9.17) is 4.74 Å². The molecular weight excluding hydrogens is 352 g/mol. The van der Waals surface area contributed by atoms with E-state index < -0.39 is 0 Å². The van der Waals surface area contributed by atoms with Crippen LogP contribution >= 0.6 is 0 Å². The van der Waals surface area contributed by atoms with Crippen LogP contribution in [0.15, 0.2) is 73.2 Å². The minimum absolute atomic E-state index is 0.0408. The highest BCUT2D eigenvalue weighted by Crippen LogP contribution is 2.21. The Labute approximate surface area is 162 Å². The molecule has 6 heteroatoms. The van der Waals surface area contributed by atoms with Gasteiger partial charge in [0.15, 0.2) is 6.61 Å². The number of rotatable bonds is 6. The second-order valence-corrected chi connectivity index (χ2v) is 6.49. The molecule has 4 rings (SSSR count). The molecule has 6 nitrogen and oxygen atoms in total. The smallest absolute Gasteiger partial charge is 0.258 e. The Morgan fingerprint density at radius 3 is 2.79 bits per heavy atom. The van der Waals surface area contributed by atoms with Crippen LogP contribution in [-0.4, -0.2) is 27.3 Å². The van der Waals surface area contributed by atoms with Gasteiger partial charge in [-0.3, -0.25) is 14.5 Å². The van der Waals surface area contributed by atoms with Crippen molar-refractivity contribution in [1.82, 2.24) is 20.1 Å². The van der Waals surface area contributed by atoms with E-state index in [1.165, 1.54) is 0 Å². The Morgan fingerprint density at radius 1 is 1.11 bits per heavy atom. The zero-order chi connectivity index (χ0) is 19.3. The summed E-state index contributed by atoms with van der Waals surface area (Å²) in [7, 11) is 1.86. The molecule has 0 aliphatic rings. The fraction of sp³-hybridized carbons (Fsp3) is 0.136. The van der Waals surface area contributed by atoms with Crippen LogP contribution in [0.3, 0.4) is 0 Å². The van der Waals surface area contributed by atoms with Crippen LogP contribution < -0.4 is 10.1 Å². The molecule has 0 saturated carbocycles. The van der Waals surface area contributed by atoms with Crippen LogP contribution in [0.25, 0.3) is 22.0 Å². The summed E-state index contributed by atoms with van der Waals surface area (Å²) in [6.07, 6.45) is 5.39. The predicted molar refractivity (Wildman–Crippen MR) is 108 cm³/mol. The lowest BCUT2D eigenvalue weighted by atomic mass is 10.1. The third kappa shape index (κ3) is 4.01. The van der Waals surface area contributed by atoms with Gasteiger partial charge in [0.05, 0.1) is 11.9 Å². The van der Waals surface area contributed by atoms with E-state index in [0.717, 1.165) is 27.6 Å². The molecule has 1 amide bonds. The lowest BCUT2D eigenvalue weighted by Crippen LogP contribution is -2.28. The molecule has 1 N–H and O–H groups in total. The fourth-order valence-corrected chi connectivity index (χ4v) is 3.04. The van der Waals surface area contributed by atoms with Gasteiger partial charge in [0.2, 0.25) is 0 Å². The Morgan fingerprint density at radius 2 is 1.96 bits per heavy atom. The fourth-order valence-electron chi connectivity index (χ4n) is 3.04. The number of pyridine rings is 1. The molecule has 0 spiro atoms. The highest BCUT2D eigenvalue weighted by atomic mass is 16.5. The summed E-state index contributed by atoms with van der Waals surface area (Å²) in [5.41, 5.74) is 2.65. The quantitative estimate of drug-likeness (QED) is 0.564. The molecule has 2 aromatic heterocycles. The maximum absolute atomic E-state index is 12.2. The van der Waals surface area contributed by atoms with Crippen molar-refractivity contribution in [3.05, 3.63) is 78.8 Å². The average Bonchev–Trinajstić information content (AvgIpc) is 3.17. The molecule has 4 aromatic rings. The standard InChI is InChI=1S/C22H20N4O2/c1-26-14-19(13-25-26)22-18(7-4-10-23-22)12-24-21(27)15-28-20-9-8-16-5-2-3-6-17(16)11-20/h2-11,13-14H,12,15H2,1H3,(H,24,27). The maximum atomic E-state index is 12.2. The lowest BCUT2D eigenvalue weighted by Gasteiger charge is -2.10. The van der Waals surface area contributed by atoms with Gasteiger partial charge in [-0.05, 0) is 34.5 Å². The SMILES string of the molecule is Cn1cc(-c2ncccc2CNC(=O)COc2ccc3ccccc3c2)cn1. The summed E-state index contributed by atoms with van der Waals surface area (Å²) in [5, 5.41) is 9.29. The van der Waals surface area contributed by atoms with Crippen molar-refractivity contribution >= 4 is 16.7 Å². The summed E-state index contributed by atoms with van der Waals surface area (Å²) in [6.45, 7) is 0.332. The first-order chi connectivity index (χ1) is 13.7. The molecule has 0 atom stereocenters. The molecule has 0 aliphatic heterocycles.